The largest absolute Gasteiger partial charge is 0.269 e. The van der Waals surface area contributed by atoms with E-state index in [1.54, 1.807) is 6.92 Å². The summed E-state index contributed by atoms with van der Waals surface area (Å²) in [6.07, 6.45) is 0.615. The van der Waals surface area contributed by atoms with Crippen molar-refractivity contribution in [3.8, 4) is 0 Å². The van der Waals surface area contributed by atoms with Gasteiger partial charge in [-0.3, -0.25) is 8.93 Å². The van der Waals surface area contributed by atoms with Crippen molar-refractivity contribution in [1.29, 1.82) is 0 Å². The summed E-state index contributed by atoms with van der Waals surface area (Å²) in [5, 5.41) is 0. The average molecular weight is 183 g/mol. The Morgan fingerprint density at radius 3 is 2.50 bits per heavy atom. The highest BCUT2D eigenvalue weighted by Gasteiger charge is 2.08. The molecule has 0 fully saturated rings. The van der Waals surface area contributed by atoms with E-state index in [0.717, 1.165) is 6.26 Å². The van der Waals surface area contributed by atoms with E-state index >= 15 is 0 Å². The normalized spacial score (nSPS) is 14.6. The van der Waals surface area contributed by atoms with E-state index in [1.807, 2.05) is 0 Å². The van der Waals surface area contributed by atoms with Crippen molar-refractivity contribution in [3.05, 3.63) is 0 Å². The highest BCUT2D eigenvalue weighted by molar-refractivity contribution is 7.86. The smallest absolute Gasteiger partial charge is 0.264 e. The fourth-order valence-electron chi connectivity index (χ4n) is 0.457. The highest BCUT2D eigenvalue weighted by Crippen LogP contribution is 1.97. The van der Waals surface area contributed by atoms with Gasteiger partial charge in [0, 0.05) is 0 Å². The SMILES string of the molecule is CC(CN=P)OS(C)(=O)=O. The molecular weight excluding hydrogens is 173 g/mol. The molecule has 1 unspecified atom stereocenters. The number of nitrogens with zero attached hydrogens (tertiary/aromatic N) is 1. The molecule has 4 nitrogen and oxygen atoms in total. The number of rotatable bonds is 4. The highest BCUT2D eigenvalue weighted by atomic mass is 32.2. The van der Waals surface area contributed by atoms with Crippen molar-refractivity contribution in [3.63, 3.8) is 0 Å². The Morgan fingerprint density at radius 2 is 2.20 bits per heavy atom. The summed E-state index contributed by atoms with van der Waals surface area (Å²) in [6.45, 7) is 1.95. The molecule has 0 N–H and O–H groups in total. The van der Waals surface area contributed by atoms with Crippen molar-refractivity contribution >= 4 is 19.1 Å². The zero-order chi connectivity index (χ0) is 8.20. The van der Waals surface area contributed by atoms with Crippen LogP contribution in [-0.4, -0.2) is 27.3 Å². The molecule has 0 heterocycles. The van der Waals surface area contributed by atoms with Crippen molar-refractivity contribution in [2.45, 2.75) is 13.0 Å². The van der Waals surface area contributed by atoms with Crippen LogP contribution in [0.3, 0.4) is 0 Å². The van der Waals surface area contributed by atoms with E-state index < -0.39 is 16.2 Å². The van der Waals surface area contributed by atoms with E-state index in [9.17, 15) is 8.42 Å². The van der Waals surface area contributed by atoms with Crippen LogP contribution in [0.25, 0.3) is 0 Å². The van der Waals surface area contributed by atoms with Crippen LogP contribution in [0.15, 0.2) is 4.74 Å². The van der Waals surface area contributed by atoms with Gasteiger partial charge < -0.3 is 0 Å². The molecule has 6 heteroatoms. The third-order valence-corrected chi connectivity index (χ3v) is 1.55. The molecule has 0 radical (unpaired) electrons. The van der Waals surface area contributed by atoms with Crippen molar-refractivity contribution in [2.24, 2.45) is 4.74 Å². The Bertz CT molecular complexity index is 201. The Balaban J connectivity index is 3.80. The second kappa shape index (κ2) is 4.01. The summed E-state index contributed by atoms with van der Waals surface area (Å²) < 4.78 is 28.9. The van der Waals surface area contributed by atoms with E-state index in [1.165, 1.54) is 0 Å². The maximum Gasteiger partial charge on any atom is 0.264 e. The lowest BCUT2D eigenvalue weighted by Gasteiger charge is -2.05. The van der Waals surface area contributed by atoms with Crippen LogP contribution in [0, 0.1) is 0 Å². The van der Waals surface area contributed by atoms with E-state index in [-0.39, 0.29) is 0 Å². The summed E-state index contributed by atoms with van der Waals surface area (Å²) in [4.78, 5) is 0. The number of hydrogen-bond acceptors (Lipinski definition) is 4. The van der Waals surface area contributed by atoms with Crippen LogP contribution in [-0.2, 0) is 14.3 Å². The first-order chi connectivity index (χ1) is 4.45. The molecule has 0 saturated carbocycles. The van der Waals surface area contributed by atoms with Gasteiger partial charge in [0.05, 0.1) is 18.9 Å². The van der Waals surface area contributed by atoms with Crippen LogP contribution in [0.1, 0.15) is 6.92 Å². The van der Waals surface area contributed by atoms with Gasteiger partial charge in [-0.2, -0.15) is 8.42 Å². The van der Waals surface area contributed by atoms with Crippen LogP contribution in [0.5, 0.6) is 0 Å². The Hall–Kier alpha value is 0.01000. The minimum Gasteiger partial charge on any atom is -0.269 e. The fourth-order valence-corrected chi connectivity index (χ4v) is 1.37. The topological polar surface area (TPSA) is 55.7 Å². The molecule has 0 aromatic carbocycles. The Morgan fingerprint density at radius 1 is 1.70 bits per heavy atom. The molecule has 0 aliphatic carbocycles. The minimum atomic E-state index is -3.33. The monoisotopic (exact) mass is 183 g/mol. The summed E-state index contributed by atoms with van der Waals surface area (Å²) >= 11 is 0. The molecule has 10 heavy (non-hydrogen) atoms. The van der Waals surface area contributed by atoms with Gasteiger partial charge in [-0.05, 0) is 16.0 Å². The van der Waals surface area contributed by atoms with Gasteiger partial charge in [-0.1, -0.05) is 0 Å². The first-order valence-corrected chi connectivity index (χ1v) is 4.93. The zero-order valence-corrected chi connectivity index (χ0v) is 7.68. The van der Waals surface area contributed by atoms with Gasteiger partial charge in [-0.25, -0.2) is 0 Å². The summed E-state index contributed by atoms with van der Waals surface area (Å²) in [6, 6.07) is 0. The lowest BCUT2D eigenvalue weighted by Crippen LogP contribution is -2.16. The van der Waals surface area contributed by atoms with E-state index in [4.69, 9.17) is 0 Å². The number of hydrogen-bond donors (Lipinski definition) is 0. The summed E-state index contributed by atoms with van der Waals surface area (Å²) in [7, 11) is -0.475. The molecule has 0 bridgehead atoms. The molecule has 0 aromatic rings. The zero-order valence-electron chi connectivity index (χ0n) is 5.86. The van der Waals surface area contributed by atoms with Gasteiger partial charge in [0.1, 0.15) is 0 Å². The van der Waals surface area contributed by atoms with Crippen LogP contribution >= 0.6 is 9.03 Å². The Labute approximate surface area is 63.0 Å². The van der Waals surface area contributed by atoms with E-state index in [0.29, 0.717) is 6.54 Å². The van der Waals surface area contributed by atoms with Gasteiger partial charge in [0.25, 0.3) is 10.1 Å². The second-order valence-electron chi connectivity index (χ2n) is 1.95. The standard InChI is InChI=1S/C4H10NO3PS/c1-4(3-5-9)8-10(2,6)7/h4,9H,3H2,1-2H3. The third-order valence-electron chi connectivity index (χ3n) is 0.687. The molecule has 60 valence electrons. The first-order valence-electron chi connectivity index (χ1n) is 2.67. The van der Waals surface area contributed by atoms with Gasteiger partial charge >= 0.3 is 0 Å². The van der Waals surface area contributed by atoms with Gasteiger partial charge in [0.2, 0.25) is 0 Å². The molecule has 0 rings (SSSR count). The van der Waals surface area contributed by atoms with Crippen LogP contribution in [0.4, 0.5) is 0 Å². The lowest BCUT2D eigenvalue weighted by atomic mass is 10.4. The van der Waals surface area contributed by atoms with Crippen molar-refractivity contribution < 1.29 is 12.6 Å². The van der Waals surface area contributed by atoms with Gasteiger partial charge in [0.15, 0.2) is 0 Å². The fraction of sp³-hybridized carbons (Fsp3) is 1.00. The molecule has 0 aliphatic heterocycles. The maximum atomic E-state index is 10.4. The molecule has 0 aliphatic rings. The predicted octanol–water partition coefficient (Wildman–Crippen LogP) is 0.677. The van der Waals surface area contributed by atoms with Crippen molar-refractivity contribution in [2.75, 3.05) is 12.8 Å². The molecule has 0 amide bonds. The molecule has 1 atom stereocenters. The molecule has 0 spiro atoms. The average Bonchev–Trinajstić information content (AvgIpc) is 1.59. The third kappa shape index (κ3) is 6.13. The molecule has 0 saturated heterocycles. The summed E-state index contributed by atoms with van der Waals surface area (Å²) in [5.41, 5.74) is 0. The first kappa shape index (κ1) is 10.0. The quantitative estimate of drug-likeness (QED) is 0.475. The van der Waals surface area contributed by atoms with Crippen LogP contribution < -0.4 is 0 Å². The van der Waals surface area contributed by atoms with E-state index in [2.05, 4.69) is 18.0 Å². The minimum absolute atomic E-state index is 0.323. The van der Waals surface area contributed by atoms with Gasteiger partial charge in [-0.15, -0.1) is 0 Å². The summed E-state index contributed by atoms with van der Waals surface area (Å²) in [5.74, 6) is 0. The Kier molecular flexibility index (Phi) is 4.01. The van der Waals surface area contributed by atoms with Crippen LogP contribution in [0.2, 0.25) is 0 Å². The van der Waals surface area contributed by atoms with Crippen molar-refractivity contribution in [1.82, 2.24) is 0 Å². The second-order valence-corrected chi connectivity index (χ2v) is 3.87. The lowest BCUT2D eigenvalue weighted by molar-refractivity contribution is 0.240. The maximum absolute atomic E-state index is 10.4. The molecular formula is C4H10NO3PS. The predicted molar refractivity (Wildman–Crippen MR) is 41.0 cm³/mol. The molecule has 0 aromatic heterocycles.